The maximum Gasteiger partial charge on any atom is 0.330 e. The fraction of sp³-hybridized carbons (Fsp3) is 0.818. The maximum absolute atomic E-state index is 11.9. The zero-order chi connectivity index (χ0) is 20.6. The number of hydrogen-bond acceptors (Lipinski definition) is 4. The highest BCUT2D eigenvalue weighted by Gasteiger charge is 2.04. The smallest absolute Gasteiger partial charge is 0.330 e. The number of hydrogen-bond donors (Lipinski definition) is 2. The lowest BCUT2D eigenvalue weighted by atomic mass is 10.1. The van der Waals surface area contributed by atoms with Crippen LogP contribution in [0.2, 0.25) is 0 Å². The summed E-state index contributed by atoms with van der Waals surface area (Å²) < 4.78 is 2.74. The monoisotopic (exact) mass is 395 g/mol. The molecule has 0 aliphatic rings. The first-order valence-electron chi connectivity index (χ1n) is 11.2. The average molecular weight is 396 g/mol. The Morgan fingerprint density at radius 3 is 2.36 bits per heavy atom. The molecule has 6 heteroatoms. The number of aliphatic hydroxyl groups excluding tert-OH is 1. The second kappa shape index (κ2) is 15.5. The molecule has 1 rings (SSSR count). The molecule has 0 amide bonds. The minimum atomic E-state index is -0.258. The molecular weight excluding hydrogens is 354 g/mol. The predicted octanol–water partition coefficient (Wildman–Crippen LogP) is 3.20. The van der Waals surface area contributed by atoms with Gasteiger partial charge in [0.15, 0.2) is 0 Å². The van der Waals surface area contributed by atoms with Gasteiger partial charge >= 0.3 is 5.69 Å². The molecule has 0 aliphatic carbocycles. The third-order valence-corrected chi connectivity index (χ3v) is 5.25. The van der Waals surface area contributed by atoms with Gasteiger partial charge in [0.2, 0.25) is 0 Å². The van der Waals surface area contributed by atoms with E-state index in [0.29, 0.717) is 13.1 Å². The van der Waals surface area contributed by atoms with Gasteiger partial charge in [-0.3, -0.25) is 9.36 Å². The standard InChI is InChI=1S/C22H41N3O3/c1-3-4-5-6-9-12-16-23-19-20(26)14-11-8-7-10-13-17-25-21(27)15-18-24(2)22(25)28/h15,18,20,23,26H,3-14,16-17,19H2,1-2H3. The van der Waals surface area contributed by atoms with Crippen LogP contribution in [0.15, 0.2) is 21.9 Å². The van der Waals surface area contributed by atoms with Gasteiger partial charge in [0.05, 0.1) is 6.10 Å². The van der Waals surface area contributed by atoms with Crippen molar-refractivity contribution in [3.63, 3.8) is 0 Å². The first-order chi connectivity index (χ1) is 13.6. The van der Waals surface area contributed by atoms with Crippen LogP contribution in [-0.2, 0) is 13.6 Å². The van der Waals surface area contributed by atoms with Crippen molar-refractivity contribution in [2.24, 2.45) is 7.05 Å². The van der Waals surface area contributed by atoms with Crippen molar-refractivity contribution < 1.29 is 5.11 Å². The summed E-state index contributed by atoms with van der Waals surface area (Å²) >= 11 is 0. The maximum atomic E-state index is 11.9. The van der Waals surface area contributed by atoms with Crippen molar-refractivity contribution in [2.45, 2.75) is 96.6 Å². The lowest BCUT2D eigenvalue weighted by molar-refractivity contribution is 0.158. The SMILES string of the molecule is CCCCCCCCNCC(O)CCCCCCCn1c(=O)ccn(C)c1=O. The van der Waals surface area contributed by atoms with Crippen molar-refractivity contribution in [1.29, 1.82) is 0 Å². The molecule has 162 valence electrons. The summed E-state index contributed by atoms with van der Waals surface area (Å²) in [6.07, 6.45) is 14.9. The summed E-state index contributed by atoms with van der Waals surface area (Å²) in [5.41, 5.74) is -0.469. The first kappa shape index (κ1) is 24.6. The van der Waals surface area contributed by atoms with E-state index in [1.165, 1.54) is 59.9 Å². The van der Waals surface area contributed by atoms with Crippen LogP contribution in [0.5, 0.6) is 0 Å². The first-order valence-corrected chi connectivity index (χ1v) is 11.2. The fourth-order valence-corrected chi connectivity index (χ4v) is 3.40. The van der Waals surface area contributed by atoms with Crippen LogP contribution < -0.4 is 16.6 Å². The number of rotatable bonds is 17. The van der Waals surface area contributed by atoms with E-state index in [9.17, 15) is 14.7 Å². The van der Waals surface area contributed by atoms with Crippen LogP contribution in [0.4, 0.5) is 0 Å². The van der Waals surface area contributed by atoms with Gasteiger partial charge in [0.1, 0.15) is 0 Å². The summed E-state index contributed by atoms with van der Waals surface area (Å²) in [5, 5.41) is 13.4. The zero-order valence-electron chi connectivity index (χ0n) is 18.0. The number of aryl methyl sites for hydroxylation is 1. The van der Waals surface area contributed by atoms with E-state index in [-0.39, 0.29) is 17.4 Å². The van der Waals surface area contributed by atoms with Crippen molar-refractivity contribution in [1.82, 2.24) is 14.5 Å². The summed E-state index contributed by atoms with van der Waals surface area (Å²) in [7, 11) is 1.66. The molecule has 0 fully saturated rings. The predicted molar refractivity (Wildman–Crippen MR) is 116 cm³/mol. The Bertz CT molecular complexity index is 624. The summed E-state index contributed by atoms with van der Waals surface area (Å²) in [5.74, 6) is 0. The highest BCUT2D eigenvalue weighted by atomic mass is 16.3. The highest BCUT2D eigenvalue weighted by molar-refractivity contribution is 4.85. The summed E-state index contributed by atoms with van der Waals surface area (Å²) in [6.45, 7) is 4.41. The normalized spacial score (nSPS) is 12.4. The van der Waals surface area contributed by atoms with Crippen LogP contribution in [0.25, 0.3) is 0 Å². The van der Waals surface area contributed by atoms with E-state index in [1.807, 2.05) is 0 Å². The zero-order valence-corrected chi connectivity index (χ0v) is 18.0. The second-order valence-corrected chi connectivity index (χ2v) is 7.88. The molecule has 0 aliphatic heterocycles. The topological polar surface area (TPSA) is 76.3 Å². The molecule has 0 bridgehead atoms. The number of nitrogens with zero attached hydrogens (tertiary/aromatic N) is 2. The van der Waals surface area contributed by atoms with Gasteiger partial charge in [0, 0.05) is 32.4 Å². The van der Waals surface area contributed by atoms with E-state index in [2.05, 4.69) is 12.2 Å². The molecule has 0 aromatic carbocycles. The van der Waals surface area contributed by atoms with Crippen molar-refractivity contribution >= 4 is 0 Å². The van der Waals surface area contributed by atoms with Crippen LogP contribution in [0, 0.1) is 0 Å². The Labute approximate surface area is 170 Å². The minimum Gasteiger partial charge on any atom is -0.392 e. The Kier molecular flexibility index (Phi) is 13.7. The lowest BCUT2D eigenvalue weighted by Gasteiger charge is -2.12. The molecule has 6 nitrogen and oxygen atoms in total. The van der Waals surface area contributed by atoms with Crippen molar-refractivity contribution in [3.05, 3.63) is 33.1 Å². The molecule has 0 spiro atoms. The molecular formula is C22H41N3O3. The van der Waals surface area contributed by atoms with Gasteiger partial charge in [-0.1, -0.05) is 64.7 Å². The van der Waals surface area contributed by atoms with Gasteiger partial charge in [-0.25, -0.2) is 4.79 Å². The van der Waals surface area contributed by atoms with Gasteiger partial charge in [-0.15, -0.1) is 0 Å². The number of nitrogens with one attached hydrogen (secondary N) is 1. The van der Waals surface area contributed by atoms with Crippen LogP contribution in [0.3, 0.4) is 0 Å². The Morgan fingerprint density at radius 1 is 0.964 bits per heavy atom. The van der Waals surface area contributed by atoms with E-state index in [0.717, 1.165) is 45.1 Å². The molecule has 1 heterocycles. The molecule has 0 saturated carbocycles. The largest absolute Gasteiger partial charge is 0.392 e. The van der Waals surface area contributed by atoms with E-state index in [4.69, 9.17) is 0 Å². The Morgan fingerprint density at radius 2 is 1.61 bits per heavy atom. The quantitative estimate of drug-likeness (QED) is 0.397. The molecule has 1 aromatic heterocycles. The van der Waals surface area contributed by atoms with Gasteiger partial charge < -0.3 is 15.0 Å². The third-order valence-electron chi connectivity index (χ3n) is 5.25. The van der Waals surface area contributed by atoms with Crippen LogP contribution in [-0.4, -0.2) is 33.4 Å². The molecule has 28 heavy (non-hydrogen) atoms. The van der Waals surface area contributed by atoms with Gasteiger partial charge in [0.25, 0.3) is 5.56 Å². The van der Waals surface area contributed by atoms with E-state index < -0.39 is 0 Å². The van der Waals surface area contributed by atoms with Crippen molar-refractivity contribution in [3.8, 4) is 0 Å². The molecule has 0 radical (unpaired) electrons. The average Bonchev–Trinajstić information content (AvgIpc) is 2.68. The summed E-state index contributed by atoms with van der Waals surface area (Å²) in [6, 6.07) is 1.43. The molecule has 1 atom stereocenters. The second-order valence-electron chi connectivity index (χ2n) is 7.88. The minimum absolute atomic E-state index is 0.223. The molecule has 1 aromatic rings. The number of unbranched alkanes of at least 4 members (excludes halogenated alkanes) is 9. The van der Waals surface area contributed by atoms with E-state index in [1.54, 1.807) is 7.05 Å². The Balaban J connectivity index is 1.96. The van der Waals surface area contributed by atoms with Crippen molar-refractivity contribution in [2.75, 3.05) is 13.1 Å². The molecule has 2 N–H and O–H groups in total. The van der Waals surface area contributed by atoms with E-state index >= 15 is 0 Å². The van der Waals surface area contributed by atoms with Gasteiger partial charge in [-0.05, 0) is 25.8 Å². The molecule has 1 unspecified atom stereocenters. The van der Waals surface area contributed by atoms with Gasteiger partial charge in [-0.2, -0.15) is 0 Å². The fourth-order valence-electron chi connectivity index (χ4n) is 3.40. The number of aromatic nitrogens is 2. The van der Waals surface area contributed by atoms with Crippen LogP contribution in [0.1, 0.15) is 84.0 Å². The lowest BCUT2D eigenvalue weighted by Crippen LogP contribution is -2.37. The molecule has 0 saturated heterocycles. The third kappa shape index (κ3) is 10.8. The summed E-state index contributed by atoms with van der Waals surface area (Å²) in [4.78, 5) is 23.6. The highest BCUT2D eigenvalue weighted by Crippen LogP contribution is 2.08. The Hall–Kier alpha value is -1.40. The van der Waals surface area contributed by atoms with Crippen LogP contribution >= 0.6 is 0 Å². The number of aliphatic hydroxyl groups is 1.